The van der Waals surface area contributed by atoms with Gasteiger partial charge in [0.15, 0.2) is 0 Å². The first-order valence-corrected chi connectivity index (χ1v) is 6.48. The van der Waals surface area contributed by atoms with Crippen molar-refractivity contribution < 1.29 is 17.9 Å². The summed E-state index contributed by atoms with van der Waals surface area (Å²) in [6, 6.07) is 7.44. The molecule has 0 radical (unpaired) electrons. The molecule has 1 aromatic carbocycles. The molecule has 1 atom stereocenters. The van der Waals surface area contributed by atoms with Crippen molar-refractivity contribution in [2.75, 3.05) is 6.54 Å². The van der Waals surface area contributed by atoms with Gasteiger partial charge < -0.3 is 10.1 Å². The number of nitrogens with one attached hydrogen (secondary N) is 1. The van der Waals surface area contributed by atoms with E-state index in [2.05, 4.69) is 15.2 Å². The van der Waals surface area contributed by atoms with E-state index in [0.29, 0.717) is 12.1 Å². The molecule has 114 valence electrons. The molecule has 7 heteroatoms. The second-order valence-corrected chi connectivity index (χ2v) is 4.46. The highest BCUT2D eigenvalue weighted by Crippen LogP contribution is 2.33. The molecule has 0 spiro atoms. The van der Waals surface area contributed by atoms with Crippen LogP contribution in [0.1, 0.15) is 24.2 Å². The molecule has 0 bridgehead atoms. The van der Waals surface area contributed by atoms with Gasteiger partial charge in [0, 0.05) is 18.8 Å². The molecule has 1 aromatic heterocycles. The minimum absolute atomic E-state index is 0.211. The standard InChI is InChI=1S/C14H16F3N3O/c1-3-18-13(11-8-9-19-20(11)2)10-6-4-5-7-12(10)21-14(15,16)17/h4-9,13,18H,3H2,1-2H3. The van der Waals surface area contributed by atoms with Crippen LogP contribution >= 0.6 is 0 Å². The monoisotopic (exact) mass is 299 g/mol. The summed E-state index contributed by atoms with van der Waals surface area (Å²) in [5, 5.41) is 7.22. The number of nitrogens with zero attached hydrogens (tertiary/aromatic N) is 2. The highest BCUT2D eigenvalue weighted by molar-refractivity contribution is 5.40. The van der Waals surface area contributed by atoms with E-state index in [1.165, 1.54) is 12.1 Å². The number of benzene rings is 1. The van der Waals surface area contributed by atoms with Gasteiger partial charge in [-0.3, -0.25) is 4.68 Å². The summed E-state index contributed by atoms with van der Waals surface area (Å²) in [6.07, 6.45) is -3.12. The van der Waals surface area contributed by atoms with E-state index in [-0.39, 0.29) is 5.75 Å². The third-order valence-electron chi connectivity index (χ3n) is 3.02. The van der Waals surface area contributed by atoms with Crippen LogP contribution in [0.25, 0.3) is 0 Å². The Kier molecular flexibility index (Phi) is 4.52. The van der Waals surface area contributed by atoms with Crippen molar-refractivity contribution in [1.82, 2.24) is 15.1 Å². The molecule has 0 saturated heterocycles. The number of ether oxygens (including phenoxy) is 1. The Bertz CT molecular complexity index is 595. The third kappa shape index (κ3) is 3.75. The molecule has 21 heavy (non-hydrogen) atoms. The van der Waals surface area contributed by atoms with Gasteiger partial charge in [-0.15, -0.1) is 13.2 Å². The first kappa shape index (κ1) is 15.4. The Labute approximate surface area is 120 Å². The van der Waals surface area contributed by atoms with Gasteiger partial charge in [-0.1, -0.05) is 25.1 Å². The van der Waals surface area contributed by atoms with Gasteiger partial charge in [-0.2, -0.15) is 5.10 Å². The van der Waals surface area contributed by atoms with Crippen LogP contribution in [0, 0.1) is 0 Å². The Morgan fingerprint density at radius 3 is 2.57 bits per heavy atom. The Morgan fingerprint density at radius 2 is 2.00 bits per heavy atom. The minimum Gasteiger partial charge on any atom is -0.405 e. The smallest absolute Gasteiger partial charge is 0.405 e. The summed E-state index contributed by atoms with van der Waals surface area (Å²) < 4.78 is 43.3. The summed E-state index contributed by atoms with van der Waals surface area (Å²) in [5.41, 5.74) is 1.18. The summed E-state index contributed by atoms with van der Waals surface area (Å²) >= 11 is 0. The molecule has 0 amide bonds. The maximum Gasteiger partial charge on any atom is 0.573 e. The molecule has 0 fully saturated rings. The van der Waals surface area contributed by atoms with E-state index < -0.39 is 12.4 Å². The van der Waals surface area contributed by atoms with Gasteiger partial charge in [-0.25, -0.2) is 0 Å². The SMILES string of the molecule is CCNC(c1ccccc1OC(F)(F)F)c1ccnn1C. The average Bonchev–Trinajstić information content (AvgIpc) is 2.81. The molecule has 0 aliphatic carbocycles. The van der Waals surface area contributed by atoms with E-state index in [1.54, 1.807) is 36.1 Å². The number of alkyl halides is 3. The lowest BCUT2D eigenvalue weighted by molar-refractivity contribution is -0.275. The predicted octanol–water partition coefficient (Wildman–Crippen LogP) is 3.02. The average molecular weight is 299 g/mol. The van der Waals surface area contributed by atoms with Gasteiger partial charge in [0.25, 0.3) is 0 Å². The zero-order valence-electron chi connectivity index (χ0n) is 11.7. The lowest BCUT2D eigenvalue weighted by atomic mass is 10.0. The highest BCUT2D eigenvalue weighted by Gasteiger charge is 2.33. The number of halogens is 3. The molecule has 2 aromatic rings. The fourth-order valence-electron chi connectivity index (χ4n) is 2.18. The maximum absolute atomic E-state index is 12.5. The molecule has 1 heterocycles. The van der Waals surface area contributed by atoms with Gasteiger partial charge >= 0.3 is 6.36 Å². The van der Waals surface area contributed by atoms with Crippen LogP contribution in [-0.4, -0.2) is 22.7 Å². The van der Waals surface area contributed by atoms with Crippen molar-refractivity contribution in [2.24, 2.45) is 7.05 Å². The number of hydrogen-bond acceptors (Lipinski definition) is 3. The number of rotatable bonds is 5. The first-order chi connectivity index (χ1) is 9.92. The second kappa shape index (κ2) is 6.17. The number of hydrogen-bond donors (Lipinski definition) is 1. The predicted molar refractivity (Wildman–Crippen MR) is 71.9 cm³/mol. The Morgan fingerprint density at radius 1 is 1.29 bits per heavy atom. The molecule has 4 nitrogen and oxygen atoms in total. The summed E-state index contributed by atoms with van der Waals surface area (Å²) in [4.78, 5) is 0. The van der Waals surface area contributed by atoms with E-state index in [1.807, 2.05) is 6.92 Å². The van der Waals surface area contributed by atoms with Gasteiger partial charge in [0.05, 0.1) is 11.7 Å². The van der Waals surface area contributed by atoms with Crippen LogP contribution in [0.4, 0.5) is 13.2 Å². The Hall–Kier alpha value is -2.02. The van der Waals surface area contributed by atoms with Crippen LogP contribution in [0.5, 0.6) is 5.75 Å². The zero-order valence-corrected chi connectivity index (χ0v) is 11.7. The van der Waals surface area contributed by atoms with E-state index in [0.717, 1.165) is 5.69 Å². The largest absolute Gasteiger partial charge is 0.573 e. The van der Waals surface area contributed by atoms with Crippen LogP contribution in [0.15, 0.2) is 36.5 Å². The number of para-hydroxylation sites is 1. The van der Waals surface area contributed by atoms with Gasteiger partial charge in [0.1, 0.15) is 5.75 Å². The Balaban J connectivity index is 2.44. The van der Waals surface area contributed by atoms with Gasteiger partial charge in [0.2, 0.25) is 0 Å². The summed E-state index contributed by atoms with van der Waals surface area (Å²) in [6.45, 7) is 2.48. The first-order valence-electron chi connectivity index (χ1n) is 6.48. The molecular formula is C14H16F3N3O. The lowest BCUT2D eigenvalue weighted by Gasteiger charge is -2.22. The molecule has 0 aliphatic rings. The highest BCUT2D eigenvalue weighted by atomic mass is 19.4. The molecule has 2 rings (SSSR count). The zero-order chi connectivity index (χ0) is 15.5. The fraction of sp³-hybridized carbons (Fsp3) is 0.357. The van der Waals surface area contributed by atoms with Crippen molar-refractivity contribution in [2.45, 2.75) is 19.3 Å². The van der Waals surface area contributed by atoms with Crippen molar-refractivity contribution in [3.8, 4) is 5.75 Å². The molecular weight excluding hydrogens is 283 g/mol. The lowest BCUT2D eigenvalue weighted by Crippen LogP contribution is -2.26. The maximum atomic E-state index is 12.5. The number of aromatic nitrogens is 2. The normalized spacial score (nSPS) is 13.2. The molecule has 0 aliphatic heterocycles. The fourth-order valence-corrected chi connectivity index (χ4v) is 2.18. The van der Waals surface area contributed by atoms with Crippen molar-refractivity contribution >= 4 is 0 Å². The number of aryl methyl sites for hydroxylation is 1. The van der Waals surface area contributed by atoms with Crippen molar-refractivity contribution in [1.29, 1.82) is 0 Å². The van der Waals surface area contributed by atoms with Crippen LogP contribution in [0.2, 0.25) is 0 Å². The topological polar surface area (TPSA) is 39.1 Å². The van der Waals surface area contributed by atoms with Crippen LogP contribution in [0.3, 0.4) is 0 Å². The summed E-state index contributed by atoms with van der Waals surface area (Å²) in [7, 11) is 1.74. The van der Waals surface area contributed by atoms with E-state index >= 15 is 0 Å². The van der Waals surface area contributed by atoms with E-state index in [9.17, 15) is 13.2 Å². The van der Waals surface area contributed by atoms with Gasteiger partial charge in [-0.05, 0) is 18.7 Å². The third-order valence-corrected chi connectivity index (χ3v) is 3.02. The quantitative estimate of drug-likeness (QED) is 0.922. The molecule has 1 N–H and O–H groups in total. The summed E-state index contributed by atoms with van der Waals surface area (Å²) in [5.74, 6) is -0.211. The molecule has 1 unspecified atom stereocenters. The van der Waals surface area contributed by atoms with Crippen LogP contribution in [-0.2, 0) is 7.05 Å². The molecule has 0 saturated carbocycles. The van der Waals surface area contributed by atoms with Crippen LogP contribution < -0.4 is 10.1 Å². The minimum atomic E-state index is -4.72. The van der Waals surface area contributed by atoms with Crippen molar-refractivity contribution in [3.63, 3.8) is 0 Å². The van der Waals surface area contributed by atoms with Crippen molar-refractivity contribution in [3.05, 3.63) is 47.8 Å². The second-order valence-electron chi connectivity index (χ2n) is 4.46. The van der Waals surface area contributed by atoms with E-state index in [4.69, 9.17) is 0 Å².